The second kappa shape index (κ2) is 7.20. The monoisotopic (exact) mass is 401 g/mol. The number of sulfone groups is 1. The minimum atomic E-state index is -4.66. The first-order chi connectivity index (χ1) is 12.3. The van der Waals surface area contributed by atoms with Gasteiger partial charge in [-0.25, -0.2) is 8.42 Å². The molecule has 138 valence electrons. The molecule has 0 saturated carbocycles. The fourth-order valence-corrected chi connectivity index (χ4v) is 3.52. The standard InChI is InChI=1S/C17H14ClF2NO4S/c18-12-1-6-15-10(8-12)7-11(9-25-15)16(22)21-13-2-4-14(5-3-13)26(23,24)17(19)20/h1-6,8,11,17H,7,9H2,(H,21,22). The molecule has 2 aromatic rings. The molecule has 0 radical (unpaired) electrons. The first-order valence-corrected chi connectivity index (χ1v) is 9.54. The van der Waals surface area contributed by atoms with Gasteiger partial charge in [0, 0.05) is 10.7 Å². The molecule has 1 aliphatic heterocycles. The quantitative estimate of drug-likeness (QED) is 0.850. The number of carbonyl (C=O) groups is 1. The molecule has 0 aromatic heterocycles. The molecular weight excluding hydrogens is 388 g/mol. The van der Waals surface area contributed by atoms with Crippen LogP contribution in [0.1, 0.15) is 5.56 Å². The minimum absolute atomic E-state index is 0.193. The summed E-state index contributed by atoms with van der Waals surface area (Å²) < 4.78 is 53.4. The predicted octanol–water partition coefficient (Wildman–Crippen LogP) is 3.53. The molecule has 5 nitrogen and oxygen atoms in total. The summed E-state index contributed by atoms with van der Waals surface area (Å²) in [4.78, 5) is 11.9. The molecule has 0 saturated heterocycles. The molecule has 3 rings (SSSR count). The van der Waals surface area contributed by atoms with Crippen LogP contribution in [0.3, 0.4) is 0 Å². The number of carbonyl (C=O) groups excluding carboxylic acids is 1. The second-order valence-corrected chi connectivity index (χ2v) is 8.14. The van der Waals surface area contributed by atoms with Crippen molar-refractivity contribution >= 4 is 33.0 Å². The molecule has 9 heteroatoms. The summed E-state index contributed by atoms with van der Waals surface area (Å²) in [7, 11) is -4.66. The average molecular weight is 402 g/mol. The van der Waals surface area contributed by atoms with Crippen molar-refractivity contribution in [2.75, 3.05) is 11.9 Å². The van der Waals surface area contributed by atoms with Crippen LogP contribution in [-0.2, 0) is 21.1 Å². The fourth-order valence-electron chi connectivity index (χ4n) is 2.61. The van der Waals surface area contributed by atoms with Crippen LogP contribution in [0.5, 0.6) is 5.75 Å². The lowest BCUT2D eigenvalue weighted by molar-refractivity contribution is -0.121. The van der Waals surface area contributed by atoms with Gasteiger partial charge in [0.25, 0.3) is 0 Å². The van der Waals surface area contributed by atoms with Crippen LogP contribution in [0, 0.1) is 5.92 Å². The summed E-state index contributed by atoms with van der Waals surface area (Å²) in [6, 6.07) is 9.78. The summed E-state index contributed by atoms with van der Waals surface area (Å²) >= 11 is 5.95. The van der Waals surface area contributed by atoms with Gasteiger partial charge < -0.3 is 10.1 Å². The summed E-state index contributed by atoms with van der Waals surface area (Å²) in [5.74, 6) is -3.58. The Hall–Kier alpha value is -2.19. The van der Waals surface area contributed by atoms with Crippen LogP contribution in [0.15, 0.2) is 47.4 Å². The maximum atomic E-state index is 12.5. The van der Waals surface area contributed by atoms with Gasteiger partial charge in [-0.3, -0.25) is 4.79 Å². The van der Waals surface area contributed by atoms with E-state index in [1.54, 1.807) is 18.2 Å². The Morgan fingerprint density at radius 1 is 1.19 bits per heavy atom. The van der Waals surface area contributed by atoms with E-state index in [2.05, 4.69) is 5.32 Å². The Bertz CT molecular complexity index is 932. The number of hydrogen-bond acceptors (Lipinski definition) is 4. The molecular formula is C17H14ClF2NO4S. The zero-order valence-corrected chi connectivity index (χ0v) is 14.9. The second-order valence-electron chi connectivity index (χ2n) is 5.78. The number of ether oxygens (including phenoxy) is 1. The largest absolute Gasteiger partial charge is 0.492 e. The Balaban J connectivity index is 1.69. The maximum Gasteiger partial charge on any atom is 0.341 e. The van der Waals surface area contributed by atoms with Crippen molar-refractivity contribution in [3.63, 3.8) is 0 Å². The summed E-state index contributed by atoms with van der Waals surface area (Å²) in [6.45, 7) is 0.193. The predicted molar refractivity (Wildman–Crippen MR) is 92.4 cm³/mol. The fraction of sp³-hybridized carbons (Fsp3) is 0.235. The Morgan fingerprint density at radius 3 is 2.54 bits per heavy atom. The highest BCUT2D eigenvalue weighted by Crippen LogP contribution is 2.30. The zero-order valence-electron chi connectivity index (χ0n) is 13.3. The number of hydrogen-bond donors (Lipinski definition) is 1. The van der Waals surface area contributed by atoms with Crippen LogP contribution in [0.25, 0.3) is 0 Å². The molecule has 0 aliphatic carbocycles. The van der Waals surface area contributed by atoms with Gasteiger partial charge in [-0.2, -0.15) is 8.78 Å². The van der Waals surface area contributed by atoms with Crippen molar-refractivity contribution in [3.05, 3.63) is 53.1 Å². The van der Waals surface area contributed by atoms with Gasteiger partial charge in [0.15, 0.2) is 0 Å². The average Bonchev–Trinajstić information content (AvgIpc) is 2.61. The van der Waals surface area contributed by atoms with E-state index in [4.69, 9.17) is 16.3 Å². The third-order valence-corrected chi connectivity index (χ3v) is 5.62. The highest BCUT2D eigenvalue weighted by atomic mass is 35.5. The Labute approximate surface area is 153 Å². The highest BCUT2D eigenvalue weighted by Gasteiger charge is 2.28. The van der Waals surface area contributed by atoms with Crippen LogP contribution in [0.2, 0.25) is 5.02 Å². The van der Waals surface area contributed by atoms with E-state index in [1.807, 2.05) is 0 Å². The number of benzene rings is 2. The van der Waals surface area contributed by atoms with Crippen LogP contribution >= 0.6 is 11.6 Å². The van der Waals surface area contributed by atoms with E-state index in [0.717, 1.165) is 17.7 Å². The van der Waals surface area contributed by atoms with Gasteiger partial charge in [-0.15, -0.1) is 0 Å². The molecule has 1 unspecified atom stereocenters. The molecule has 0 bridgehead atoms. The van der Waals surface area contributed by atoms with Crippen LogP contribution in [-0.4, -0.2) is 26.7 Å². The van der Waals surface area contributed by atoms with Crippen molar-refractivity contribution in [2.24, 2.45) is 5.92 Å². The zero-order chi connectivity index (χ0) is 18.9. The van der Waals surface area contributed by atoms with E-state index in [1.165, 1.54) is 12.1 Å². The summed E-state index contributed by atoms with van der Waals surface area (Å²) in [5.41, 5.74) is 1.13. The smallest absolute Gasteiger partial charge is 0.341 e. The minimum Gasteiger partial charge on any atom is -0.492 e. The number of rotatable bonds is 4. The normalized spacial score (nSPS) is 16.7. The van der Waals surface area contributed by atoms with Gasteiger partial charge in [-0.05, 0) is 54.4 Å². The molecule has 2 aromatic carbocycles. The molecule has 26 heavy (non-hydrogen) atoms. The number of fused-ring (bicyclic) bond motifs is 1. The first-order valence-electron chi connectivity index (χ1n) is 7.61. The molecule has 0 fully saturated rings. The molecule has 1 heterocycles. The molecule has 1 N–H and O–H groups in total. The number of anilines is 1. The lowest BCUT2D eigenvalue weighted by Gasteiger charge is -2.24. The number of nitrogens with one attached hydrogen (secondary N) is 1. The Kier molecular flexibility index (Phi) is 5.15. The molecule has 1 atom stereocenters. The molecule has 1 aliphatic rings. The van der Waals surface area contributed by atoms with Gasteiger partial charge in [0.2, 0.25) is 15.7 Å². The van der Waals surface area contributed by atoms with Crippen molar-refractivity contribution in [3.8, 4) is 5.75 Å². The van der Waals surface area contributed by atoms with Crippen molar-refractivity contribution < 1.29 is 26.7 Å². The van der Waals surface area contributed by atoms with E-state index in [-0.39, 0.29) is 12.5 Å². The van der Waals surface area contributed by atoms with Crippen molar-refractivity contribution in [2.45, 2.75) is 17.1 Å². The molecule has 1 amide bonds. The number of amides is 1. The number of alkyl halides is 2. The third-order valence-electron chi connectivity index (χ3n) is 3.98. The lowest BCUT2D eigenvalue weighted by Crippen LogP contribution is -2.32. The van der Waals surface area contributed by atoms with E-state index >= 15 is 0 Å². The SMILES string of the molecule is O=C(Nc1ccc(S(=O)(=O)C(F)F)cc1)C1COc2ccc(Cl)cc2C1. The number of halogens is 3. The van der Waals surface area contributed by atoms with Crippen LogP contribution in [0.4, 0.5) is 14.5 Å². The van der Waals surface area contributed by atoms with Gasteiger partial charge in [-0.1, -0.05) is 11.6 Å². The van der Waals surface area contributed by atoms with Gasteiger partial charge >= 0.3 is 5.76 Å². The topological polar surface area (TPSA) is 72.5 Å². The van der Waals surface area contributed by atoms with Gasteiger partial charge in [0.1, 0.15) is 12.4 Å². The van der Waals surface area contributed by atoms with Crippen molar-refractivity contribution in [1.82, 2.24) is 0 Å². The maximum absolute atomic E-state index is 12.5. The Morgan fingerprint density at radius 2 is 1.88 bits per heavy atom. The van der Waals surface area contributed by atoms with Crippen LogP contribution < -0.4 is 10.1 Å². The summed E-state index contributed by atoms with van der Waals surface area (Å²) in [5, 5.41) is 3.18. The first kappa shape index (κ1) is 18.6. The lowest BCUT2D eigenvalue weighted by atomic mass is 9.96. The van der Waals surface area contributed by atoms with Crippen molar-refractivity contribution in [1.29, 1.82) is 0 Å². The van der Waals surface area contributed by atoms with Gasteiger partial charge in [0.05, 0.1) is 10.8 Å². The van der Waals surface area contributed by atoms with E-state index < -0.39 is 26.4 Å². The highest BCUT2D eigenvalue weighted by molar-refractivity contribution is 7.91. The third kappa shape index (κ3) is 3.81. The molecule has 0 spiro atoms. The summed E-state index contributed by atoms with van der Waals surface area (Å²) in [6.07, 6.45) is 0.444. The van der Waals surface area contributed by atoms with E-state index in [0.29, 0.717) is 22.9 Å². The van der Waals surface area contributed by atoms with E-state index in [9.17, 15) is 22.0 Å².